The Bertz CT molecular complexity index is 1830. The quantitative estimate of drug-likeness (QED) is 0.170. The number of H-pyrrole nitrogens is 1. The van der Waals surface area contributed by atoms with E-state index in [0.29, 0.717) is 24.2 Å². The van der Waals surface area contributed by atoms with Gasteiger partial charge in [-0.05, 0) is 80.4 Å². The third kappa shape index (κ3) is 7.51. The number of carboxylic acid groups (broad SMARTS) is 2. The summed E-state index contributed by atoms with van der Waals surface area (Å²) in [6.07, 6.45) is 5.41. The molecule has 2 heterocycles. The number of halogens is 5. The highest BCUT2D eigenvalue weighted by molar-refractivity contribution is 5.99. The summed E-state index contributed by atoms with van der Waals surface area (Å²) in [6, 6.07) is 10.1. The Morgan fingerprint density at radius 3 is 2.06 bits per heavy atom. The first-order valence-electron chi connectivity index (χ1n) is 14.6. The van der Waals surface area contributed by atoms with Gasteiger partial charge >= 0.3 is 11.9 Å². The number of hydrogen-bond acceptors (Lipinski definition) is 4. The Balaban J connectivity index is 0.000000182. The van der Waals surface area contributed by atoms with E-state index in [4.69, 9.17) is 10.2 Å². The van der Waals surface area contributed by atoms with Gasteiger partial charge in [-0.15, -0.1) is 0 Å². The Hall–Kier alpha value is -5.04. The van der Waals surface area contributed by atoms with Crippen molar-refractivity contribution in [2.75, 3.05) is 26.7 Å². The van der Waals surface area contributed by atoms with Crippen LogP contribution in [0.2, 0.25) is 0 Å². The van der Waals surface area contributed by atoms with Crippen molar-refractivity contribution in [2.45, 2.75) is 26.3 Å². The molecule has 4 aromatic rings. The molecule has 3 N–H and O–H groups in total. The van der Waals surface area contributed by atoms with Crippen LogP contribution in [0.15, 0.2) is 60.8 Å². The van der Waals surface area contributed by atoms with E-state index in [2.05, 4.69) is 61.3 Å². The first kappa shape index (κ1) is 34.8. The van der Waals surface area contributed by atoms with Crippen molar-refractivity contribution >= 4 is 34.3 Å². The predicted octanol–water partition coefficient (Wildman–Crippen LogP) is 6.37. The second-order valence-corrected chi connectivity index (χ2v) is 10.9. The van der Waals surface area contributed by atoms with Crippen LogP contribution in [0.25, 0.3) is 16.5 Å². The van der Waals surface area contributed by atoms with Crippen molar-refractivity contribution in [2.24, 2.45) is 5.92 Å². The van der Waals surface area contributed by atoms with Crippen molar-refractivity contribution in [3.05, 3.63) is 112 Å². The van der Waals surface area contributed by atoms with Crippen LogP contribution in [0.5, 0.6) is 0 Å². The SMILES string of the molecule is CCN(CC)C(=O)[C@@H]1C=C2c3cccc4[nH]cc(c34)C[C@H]2N(C)C1.O=C(O)c1cc(F)c(F)c(F)c1.O=C(O)c1ccc(F)c(F)c1. The number of likely N-dealkylation sites (N-methyl/N-ethyl adjacent to an activating group) is 1. The number of nitrogens with zero attached hydrogens (tertiary/aromatic N) is 2. The lowest BCUT2D eigenvalue weighted by atomic mass is 9.79. The number of carboxylic acids is 2. The topological polar surface area (TPSA) is 114 Å². The van der Waals surface area contributed by atoms with Crippen molar-refractivity contribution in [1.29, 1.82) is 0 Å². The number of aromatic nitrogens is 1. The summed E-state index contributed by atoms with van der Waals surface area (Å²) >= 11 is 0. The number of fused-ring (bicyclic) bond motifs is 2. The smallest absolute Gasteiger partial charge is 0.335 e. The molecule has 0 bridgehead atoms. The molecular formula is C34H32F5N3O5. The van der Waals surface area contributed by atoms with Gasteiger partial charge in [-0.25, -0.2) is 31.5 Å². The minimum absolute atomic E-state index is 0.0445. The normalized spacial score (nSPS) is 16.6. The number of amides is 1. The fourth-order valence-corrected chi connectivity index (χ4v) is 5.68. The third-order valence-electron chi connectivity index (χ3n) is 8.06. The minimum atomic E-state index is -1.67. The molecule has 0 saturated carbocycles. The molecule has 0 fully saturated rings. The van der Waals surface area contributed by atoms with E-state index in [9.17, 15) is 36.3 Å². The van der Waals surface area contributed by atoms with Gasteiger partial charge in [0.25, 0.3) is 0 Å². The molecule has 0 unspecified atom stereocenters. The highest BCUT2D eigenvalue weighted by Gasteiger charge is 2.36. The molecule has 1 amide bonds. The molecule has 1 aromatic heterocycles. The van der Waals surface area contributed by atoms with Gasteiger partial charge in [0, 0.05) is 42.8 Å². The van der Waals surface area contributed by atoms with Crippen LogP contribution in [0.4, 0.5) is 22.0 Å². The first-order chi connectivity index (χ1) is 22.3. The zero-order valence-corrected chi connectivity index (χ0v) is 25.7. The number of carbonyl (C=O) groups is 3. The molecule has 2 atom stereocenters. The fourth-order valence-electron chi connectivity index (χ4n) is 5.68. The predicted molar refractivity (Wildman–Crippen MR) is 164 cm³/mol. The number of carbonyl (C=O) groups excluding carboxylic acids is 1. The average Bonchev–Trinajstić information content (AvgIpc) is 3.46. The summed E-state index contributed by atoms with van der Waals surface area (Å²) in [4.78, 5) is 40.9. The van der Waals surface area contributed by atoms with Crippen LogP contribution >= 0.6 is 0 Å². The van der Waals surface area contributed by atoms with Crippen molar-refractivity contribution < 1.29 is 46.5 Å². The van der Waals surface area contributed by atoms with E-state index in [-0.39, 0.29) is 17.4 Å². The van der Waals surface area contributed by atoms with Crippen molar-refractivity contribution in [3.63, 3.8) is 0 Å². The highest BCUT2D eigenvalue weighted by atomic mass is 19.2. The van der Waals surface area contributed by atoms with E-state index in [1.165, 1.54) is 27.6 Å². The van der Waals surface area contributed by atoms with Gasteiger partial charge in [0.1, 0.15) is 0 Å². The molecule has 1 aliphatic carbocycles. The summed E-state index contributed by atoms with van der Waals surface area (Å²) in [7, 11) is 2.15. The largest absolute Gasteiger partial charge is 0.478 e. The number of aromatic carboxylic acids is 2. The maximum Gasteiger partial charge on any atom is 0.335 e. The van der Waals surface area contributed by atoms with Crippen LogP contribution < -0.4 is 0 Å². The van der Waals surface area contributed by atoms with Crippen LogP contribution in [-0.2, 0) is 11.2 Å². The van der Waals surface area contributed by atoms with E-state index in [1.807, 2.05) is 4.90 Å². The van der Waals surface area contributed by atoms with E-state index < -0.39 is 46.6 Å². The third-order valence-corrected chi connectivity index (χ3v) is 8.06. The molecule has 2 aliphatic rings. The minimum Gasteiger partial charge on any atom is -0.478 e. The first-order valence-corrected chi connectivity index (χ1v) is 14.6. The van der Waals surface area contributed by atoms with Gasteiger partial charge in [-0.1, -0.05) is 18.2 Å². The molecule has 47 heavy (non-hydrogen) atoms. The second kappa shape index (κ2) is 14.6. The van der Waals surface area contributed by atoms with Gasteiger partial charge < -0.3 is 20.1 Å². The standard InChI is InChI=1S/C20H25N3O.C7H3F3O2.C7H4F2O2/c1-4-23(5-2)20(24)14-9-16-15-7-6-8-17-19(15)13(11-21-17)10-18(16)22(3)12-14;8-4-1-3(7(11)12)2-5(9)6(4)10;8-5-2-1-4(7(10)11)3-6(5)9/h6-9,11,14,18,21H,4-5,10,12H2,1-3H3;1-2H,(H,11,12);1-3H,(H,10,11)/t14-,18-;;/m1../s1. The van der Waals surface area contributed by atoms with Gasteiger partial charge in [-0.3, -0.25) is 9.69 Å². The van der Waals surface area contributed by atoms with Gasteiger partial charge in [0.2, 0.25) is 5.91 Å². The van der Waals surface area contributed by atoms with Gasteiger partial charge in [0.05, 0.1) is 17.0 Å². The molecule has 0 saturated heterocycles. The van der Waals surface area contributed by atoms with Gasteiger partial charge in [-0.2, -0.15) is 0 Å². The Labute approximate surface area is 266 Å². The molecule has 6 rings (SSSR count). The lowest BCUT2D eigenvalue weighted by Gasteiger charge is -2.40. The zero-order valence-electron chi connectivity index (χ0n) is 25.7. The van der Waals surface area contributed by atoms with Crippen molar-refractivity contribution in [3.8, 4) is 0 Å². The zero-order chi connectivity index (χ0) is 34.6. The maximum absolute atomic E-state index is 12.9. The highest BCUT2D eigenvalue weighted by Crippen LogP contribution is 2.41. The van der Waals surface area contributed by atoms with Crippen LogP contribution in [-0.4, -0.2) is 75.6 Å². The van der Waals surface area contributed by atoms with E-state index >= 15 is 0 Å². The number of hydrogen-bond donors (Lipinski definition) is 3. The van der Waals surface area contributed by atoms with E-state index in [0.717, 1.165) is 38.2 Å². The Morgan fingerprint density at radius 2 is 1.49 bits per heavy atom. The van der Waals surface area contributed by atoms with Crippen LogP contribution in [0.1, 0.15) is 45.7 Å². The van der Waals surface area contributed by atoms with Crippen molar-refractivity contribution in [1.82, 2.24) is 14.8 Å². The molecule has 0 spiro atoms. The van der Waals surface area contributed by atoms with Crippen LogP contribution in [0.3, 0.4) is 0 Å². The number of aromatic amines is 1. The summed E-state index contributed by atoms with van der Waals surface area (Å²) in [5.74, 6) is -9.45. The van der Waals surface area contributed by atoms with Gasteiger partial charge in [0.15, 0.2) is 29.1 Å². The average molecular weight is 658 g/mol. The monoisotopic (exact) mass is 657 g/mol. The fraction of sp³-hybridized carbons (Fsp3) is 0.265. The number of nitrogens with one attached hydrogen (secondary N) is 1. The molecule has 3 aromatic carbocycles. The molecular weight excluding hydrogens is 625 g/mol. The maximum atomic E-state index is 12.9. The molecule has 8 nitrogen and oxygen atoms in total. The Morgan fingerprint density at radius 1 is 0.872 bits per heavy atom. The second-order valence-electron chi connectivity index (χ2n) is 10.9. The molecule has 248 valence electrons. The molecule has 1 aliphatic heterocycles. The van der Waals surface area contributed by atoms with E-state index in [1.54, 1.807) is 0 Å². The molecule has 13 heteroatoms. The lowest BCUT2D eigenvalue weighted by Crippen LogP contribution is -2.47. The number of benzene rings is 3. The lowest BCUT2D eigenvalue weighted by molar-refractivity contribution is -0.134. The summed E-state index contributed by atoms with van der Waals surface area (Å²) in [5, 5.41) is 17.9. The Kier molecular flexibility index (Phi) is 10.8. The summed E-state index contributed by atoms with van der Waals surface area (Å²) < 4.78 is 61.4. The van der Waals surface area contributed by atoms with Crippen LogP contribution in [0, 0.1) is 35.0 Å². The summed E-state index contributed by atoms with van der Waals surface area (Å²) in [6.45, 7) is 6.47. The summed E-state index contributed by atoms with van der Waals surface area (Å²) in [5.41, 5.74) is 4.33. The molecule has 0 radical (unpaired) electrons. The number of rotatable bonds is 5.